The number of carboxylic acid groups (broad SMARTS) is 1. The minimum absolute atomic E-state index is 0.0493. The van der Waals surface area contributed by atoms with Crippen LogP contribution >= 0.6 is 11.6 Å². The summed E-state index contributed by atoms with van der Waals surface area (Å²) in [5.74, 6) is -0.510. The Morgan fingerprint density at radius 3 is 2.74 bits per heavy atom. The molecule has 0 aliphatic rings. The normalized spacial score (nSPS) is 10.2. The van der Waals surface area contributed by atoms with Gasteiger partial charge >= 0.3 is 5.97 Å². The summed E-state index contributed by atoms with van der Waals surface area (Å²) >= 11 is 5.79. The average Bonchev–Trinajstić information content (AvgIpc) is 2.40. The minimum Gasteiger partial charge on any atom is -0.478 e. The monoisotopic (exact) mass is 277 g/mol. The highest BCUT2D eigenvalue weighted by Crippen LogP contribution is 2.20. The molecule has 2 aromatic heterocycles. The summed E-state index contributed by atoms with van der Waals surface area (Å²) in [6.07, 6.45) is 4.77. The summed E-state index contributed by atoms with van der Waals surface area (Å²) in [6, 6.07) is 5.25. The van der Waals surface area contributed by atoms with Crippen LogP contribution in [0.4, 0.5) is 5.82 Å². The molecule has 0 aliphatic carbocycles. The Morgan fingerprint density at radius 2 is 2.11 bits per heavy atom. The summed E-state index contributed by atoms with van der Waals surface area (Å²) in [7, 11) is 1.84. The van der Waals surface area contributed by atoms with Gasteiger partial charge in [0.05, 0.1) is 10.6 Å². The second kappa shape index (κ2) is 5.67. The van der Waals surface area contributed by atoms with E-state index in [-0.39, 0.29) is 10.6 Å². The summed E-state index contributed by atoms with van der Waals surface area (Å²) < 4.78 is 0. The average molecular weight is 278 g/mol. The Bertz CT molecular complexity index is 590. The van der Waals surface area contributed by atoms with Crippen LogP contribution in [0.15, 0.2) is 36.8 Å². The lowest BCUT2D eigenvalue weighted by Gasteiger charge is -2.18. The van der Waals surface area contributed by atoms with Gasteiger partial charge in [0.15, 0.2) is 0 Å². The number of aromatic carboxylic acids is 1. The van der Waals surface area contributed by atoms with Gasteiger partial charge in [0.1, 0.15) is 5.82 Å². The van der Waals surface area contributed by atoms with Gasteiger partial charge in [-0.05, 0) is 23.8 Å². The van der Waals surface area contributed by atoms with E-state index in [0.717, 1.165) is 5.56 Å². The first-order chi connectivity index (χ1) is 9.08. The fraction of sp³-hybridized carbons (Fsp3) is 0.154. The van der Waals surface area contributed by atoms with Gasteiger partial charge in [0, 0.05) is 32.2 Å². The summed E-state index contributed by atoms with van der Waals surface area (Å²) in [5.41, 5.74) is 1.11. The van der Waals surface area contributed by atoms with Crippen molar-refractivity contribution in [2.24, 2.45) is 0 Å². The standard InChI is InChI=1S/C13H12ClN3O2/c1-17(8-9-2-4-15-5-3-9)12-6-10(13(18)19)11(14)7-16-12/h2-7H,8H2,1H3,(H,18,19). The van der Waals surface area contributed by atoms with Crippen LogP contribution in [0.25, 0.3) is 0 Å². The fourth-order valence-corrected chi connectivity index (χ4v) is 1.83. The number of anilines is 1. The molecule has 2 rings (SSSR count). The minimum atomic E-state index is -1.06. The maximum atomic E-state index is 11.0. The molecule has 98 valence electrons. The molecule has 2 aromatic rings. The quantitative estimate of drug-likeness (QED) is 0.930. The molecule has 6 heteroatoms. The Hall–Kier alpha value is -2.14. The Morgan fingerprint density at radius 1 is 1.42 bits per heavy atom. The zero-order valence-electron chi connectivity index (χ0n) is 10.2. The molecule has 0 aliphatic heterocycles. The molecule has 2 heterocycles. The second-order valence-electron chi connectivity index (χ2n) is 4.04. The number of pyridine rings is 2. The Kier molecular flexibility index (Phi) is 3.97. The summed E-state index contributed by atoms with van der Waals surface area (Å²) in [4.78, 5) is 20.9. The van der Waals surface area contributed by atoms with E-state index in [1.165, 1.54) is 12.3 Å². The van der Waals surface area contributed by atoms with E-state index >= 15 is 0 Å². The van der Waals surface area contributed by atoms with Gasteiger partial charge in [0.25, 0.3) is 0 Å². The molecule has 0 radical (unpaired) electrons. The van der Waals surface area contributed by atoms with Crippen molar-refractivity contribution in [2.45, 2.75) is 6.54 Å². The molecule has 0 unspecified atom stereocenters. The smallest absolute Gasteiger partial charge is 0.337 e. The second-order valence-corrected chi connectivity index (χ2v) is 4.45. The topological polar surface area (TPSA) is 66.3 Å². The largest absolute Gasteiger partial charge is 0.478 e. The Balaban J connectivity index is 2.22. The van der Waals surface area contributed by atoms with Gasteiger partial charge in [-0.3, -0.25) is 4.98 Å². The number of halogens is 1. The molecule has 0 saturated carbocycles. The zero-order chi connectivity index (χ0) is 13.8. The molecular weight excluding hydrogens is 266 g/mol. The van der Waals surface area contributed by atoms with E-state index in [4.69, 9.17) is 16.7 Å². The van der Waals surface area contributed by atoms with Gasteiger partial charge in [-0.25, -0.2) is 9.78 Å². The van der Waals surface area contributed by atoms with Gasteiger partial charge in [0.2, 0.25) is 0 Å². The highest BCUT2D eigenvalue weighted by Gasteiger charge is 2.12. The van der Waals surface area contributed by atoms with Crippen molar-refractivity contribution in [3.05, 3.63) is 52.9 Å². The zero-order valence-corrected chi connectivity index (χ0v) is 11.0. The van der Waals surface area contributed by atoms with Crippen LogP contribution in [-0.4, -0.2) is 28.1 Å². The Labute approximate surface area is 115 Å². The van der Waals surface area contributed by atoms with Gasteiger partial charge in [-0.2, -0.15) is 0 Å². The molecule has 0 saturated heterocycles. The molecule has 0 spiro atoms. The highest BCUT2D eigenvalue weighted by molar-refractivity contribution is 6.33. The first-order valence-corrected chi connectivity index (χ1v) is 5.94. The molecule has 0 fully saturated rings. The van der Waals surface area contributed by atoms with Crippen LogP contribution in [0.5, 0.6) is 0 Å². The number of carbonyl (C=O) groups is 1. The lowest BCUT2D eigenvalue weighted by atomic mass is 10.2. The van der Waals surface area contributed by atoms with E-state index in [0.29, 0.717) is 12.4 Å². The number of carboxylic acids is 1. The molecule has 1 N–H and O–H groups in total. The fourth-order valence-electron chi connectivity index (χ4n) is 1.64. The van der Waals surface area contributed by atoms with E-state index in [1.807, 2.05) is 24.1 Å². The van der Waals surface area contributed by atoms with E-state index in [1.54, 1.807) is 12.4 Å². The molecule has 19 heavy (non-hydrogen) atoms. The molecule has 0 atom stereocenters. The van der Waals surface area contributed by atoms with Crippen molar-refractivity contribution in [2.75, 3.05) is 11.9 Å². The van der Waals surface area contributed by atoms with Gasteiger partial charge in [-0.1, -0.05) is 11.6 Å². The molecule has 5 nitrogen and oxygen atoms in total. The number of nitrogens with zero attached hydrogens (tertiary/aromatic N) is 3. The van der Waals surface area contributed by atoms with Crippen LogP contribution < -0.4 is 4.90 Å². The maximum absolute atomic E-state index is 11.0. The van der Waals surface area contributed by atoms with Crippen molar-refractivity contribution in [3.63, 3.8) is 0 Å². The summed E-state index contributed by atoms with van der Waals surface area (Å²) in [5, 5.41) is 9.16. The predicted octanol–water partition coefficient (Wildman–Crippen LogP) is 2.46. The summed E-state index contributed by atoms with van der Waals surface area (Å²) in [6.45, 7) is 0.607. The van der Waals surface area contributed by atoms with E-state index in [9.17, 15) is 4.79 Å². The first kappa shape index (κ1) is 13.3. The maximum Gasteiger partial charge on any atom is 0.337 e. The highest BCUT2D eigenvalue weighted by atomic mass is 35.5. The van der Waals surface area contributed by atoms with Crippen LogP contribution in [-0.2, 0) is 6.54 Å². The van der Waals surface area contributed by atoms with Gasteiger partial charge in [-0.15, -0.1) is 0 Å². The van der Waals surface area contributed by atoms with Crippen LogP contribution in [0.1, 0.15) is 15.9 Å². The lowest BCUT2D eigenvalue weighted by molar-refractivity contribution is 0.0697. The van der Waals surface area contributed by atoms with E-state index < -0.39 is 5.97 Å². The number of rotatable bonds is 4. The van der Waals surface area contributed by atoms with Gasteiger partial charge < -0.3 is 10.0 Å². The van der Waals surface area contributed by atoms with Crippen LogP contribution in [0.2, 0.25) is 5.02 Å². The first-order valence-electron chi connectivity index (χ1n) is 5.57. The lowest BCUT2D eigenvalue weighted by Crippen LogP contribution is -2.18. The SMILES string of the molecule is CN(Cc1ccncc1)c1cc(C(=O)O)c(Cl)cn1. The molecule has 0 amide bonds. The van der Waals surface area contributed by atoms with Crippen molar-refractivity contribution in [1.82, 2.24) is 9.97 Å². The van der Waals surface area contributed by atoms with Crippen molar-refractivity contribution >= 4 is 23.4 Å². The third-order valence-corrected chi connectivity index (χ3v) is 2.93. The molecular formula is C13H12ClN3O2. The van der Waals surface area contributed by atoms with Crippen molar-refractivity contribution < 1.29 is 9.90 Å². The van der Waals surface area contributed by atoms with Crippen molar-refractivity contribution in [1.29, 1.82) is 0 Å². The molecule has 0 bridgehead atoms. The number of aromatic nitrogens is 2. The number of hydrogen-bond donors (Lipinski definition) is 1. The van der Waals surface area contributed by atoms with E-state index in [2.05, 4.69) is 9.97 Å². The molecule has 0 aromatic carbocycles. The predicted molar refractivity (Wildman–Crippen MR) is 72.6 cm³/mol. The van der Waals surface area contributed by atoms with Crippen LogP contribution in [0.3, 0.4) is 0 Å². The van der Waals surface area contributed by atoms with Crippen molar-refractivity contribution in [3.8, 4) is 0 Å². The third kappa shape index (κ3) is 3.20. The van der Waals surface area contributed by atoms with Crippen LogP contribution in [0, 0.1) is 0 Å². The third-order valence-electron chi connectivity index (χ3n) is 2.63. The number of hydrogen-bond acceptors (Lipinski definition) is 4.